The van der Waals surface area contributed by atoms with E-state index in [9.17, 15) is 9.59 Å². The van der Waals surface area contributed by atoms with E-state index >= 15 is 0 Å². The van der Waals surface area contributed by atoms with Crippen LogP contribution in [-0.4, -0.2) is 47.3 Å². The van der Waals surface area contributed by atoms with Crippen molar-refractivity contribution < 1.29 is 9.59 Å². The van der Waals surface area contributed by atoms with Gasteiger partial charge in [0.1, 0.15) is 5.54 Å². The van der Waals surface area contributed by atoms with Gasteiger partial charge in [0.2, 0.25) is 5.91 Å². The Morgan fingerprint density at radius 2 is 2.12 bits per heavy atom. The number of carbonyl (C=O) groups excluding carboxylic acids is 2. The zero-order chi connectivity index (χ0) is 12.6. The second kappa shape index (κ2) is 4.14. The van der Waals surface area contributed by atoms with Crippen LogP contribution in [-0.2, 0) is 4.79 Å². The molecule has 0 bridgehead atoms. The van der Waals surface area contributed by atoms with Crippen molar-refractivity contribution >= 4 is 23.2 Å². The van der Waals surface area contributed by atoms with Crippen LogP contribution in [0.5, 0.6) is 0 Å². The second-order valence-corrected chi connectivity index (χ2v) is 5.67. The highest BCUT2D eigenvalue weighted by molar-refractivity contribution is 7.12. The first-order valence-corrected chi connectivity index (χ1v) is 6.43. The maximum Gasteiger partial charge on any atom is 0.264 e. The molecular formula is C12H16N2O2S. The Bertz CT molecular complexity index is 439. The van der Waals surface area contributed by atoms with Gasteiger partial charge in [-0.3, -0.25) is 9.59 Å². The summed E-state index contributed by atoms with van der Waals surface area (Å²) in [5, 5.41) is 1.87. The molecule has 0 atom stereocenters. The Kier molecular flexibility index (Phi) is 2.95. The van der Waals surface area contributed by atoms with Crippen LogP contribution in [0, 0.1) is 0 Å². The molecule has 0 unspecified atom stereocenters. The summed E-state index contributed by atoms with van der Waals surface area (Å²) in [5.74, 6) is -0.0555. The van der Waals surface area contributed by atoms with Crippen molar-refractivity contribution in [1.29, 1.82) is 0 Å². The molecule has 1 saturated heterocycles. The fourth-order valence-electron chi connectivity index (χ4n) is 2.10. The lowest BCUT2D eigenvalue weighted by Gasteiger charge is -2.44. The minimum atomic E-state index is -0.756. The molecule has 4 nitrogen and oxygen atoms in total. The van der Waals surface area contributed by atoms with Gasteiger partial charge in [-0.25, -0.2) is 0 Å². The number of likely N-dealkylation sites (N-methyl/N-ethyl adjacent to an activating group) is 1. The molecule has 2 rings (SSSR count). The quantitative estimate of drug-likeness (QED) is 0.759. The highest BCUT2D eigenvalue weighted by atomic mass is 32.1. The second-order valence-electron chi connectivity index (χ2n) is 4.72. The van der Waals surface area contributed by atoms with Crippen molar-refractivity contribution in [3.63, 3.8) is 0 Å². The van der Waals surface area contributed by atoms with Crippen molar-refractivity contribution in [2.75, 3.05) is 20.1 Å². The predicted molar refractivity (Wildman–Crippen MR) is 67.1 cm³/mol. The highest BCUT2D eigenvalue weighted by Crippen LogP contribution is 2.25. The SMILES string of the molecule is CN1CCN(C(=O)c2cccs2)C(C)(C)C1=O. The van der Waals surface area contributed by atoms with E-state index in [1.54, 1.807) is 36.8 Å². The lowest BCUT2D eigenvalue weighted by molar-refractivity contribution is -0.144. The first-order chi connectivity index (χ1) is 7.94. The smallest absolute Gasteiger partial charge is 0.264 e. The van der Waals surface area contributed by atoms with E-state index in [4.69, 9.17) is 0 Å². The fourth-order valence-corrected chi connectivity index (χ4v) is 2.77. The van der Waals surface area contributed by atoms with Gasteiger partial charge in [0.05, 0.1) is 4.88 Å². The normalized spacial score (nSPS) is 19.6. The van der Waals surface area contributed by atoms with Crippen molar-refractivity contribution in [3.8, 4) is 0 Å². The predicted octanol–water partition coefficient (Wildman–Crippen LogP) is 1.44. The van der Waals surface area contributed by atoms with Crippen LogP contribution in [0.15, 0.2) is 17.5 Å². The molecule has 0 saturated carbocycles. The zero-order valence-electron chi connectivity index (χ0n) is 10.3. The van der Waals surface area contributed by atoms with Gasteiger partial charge >= 0.3 is 0 Å². The molecule has 0 radical (unpaired) electrons. The van der Waals surface area contributed by atoms with E-state index in [2.05, 4.69) is 0 Å². The van der Waals surface area contributed by atoms with Gasteiger partial charge < -0.3 is 9.80 Å². The van der Waals surface area contributed by atoms with E-state index < -0.39 is 5.54 Å². The number of piperazine rings is 1. The van der Waals surface area contributed by atoms with E-state index in [-0.39, 0.29) is 11.8 Å². The third-order valence-electron chi connectivity index (χ3n) is 3.18. The summed E-state index contributed by atoms with van der Waals surface area (Å²) < 4.78 is 0. The number of nitrogens with zero attached hydrogens (tertiary/aromatic N) is 2. The van der Waals surface area contributed by atoms with Gasteiger partial charge in [-0.1, -0.05) is 6.07 Å². The summed E-state index contributed by atoms with van der Waals surface area (Å²) in [6, 6.07) is 3.65. The lowest BCUT2D eigenvalue weighted by Crippen LogP contribution is -2.63. The number of carbonyl (C=O) groups is 2. The first-order valence-electron chi connectivity index (χ1n) is 5.55. The van der Waals surface area contributed by atoms with E-state index in [0.29, 0.717) is 18.0 Å². The van der Waals surface area contributed by atoms with Gasteiger partial charge in [-0.2, -0.15) is 0 Å². The molecule has 2 amide bonds. The molecule has 1 aromatic heterocycles. The molecule has 1 aromatic rings. The Morgan fingerprint density at radius 3 is 2.71 bits per heavy atom. The molecule has 1 fully saturated rings. The molecule has 1 aliphatic rings. The minimum Gasteiger partial charge on any atom is -0.342 e. The van der Waals surface area contributed by atoms with E-state index in [0.717, 1.165) is 0 Å². The highest BCUT2D eigenvalue weighted by Gasteiger charge is 2.43. The molecule has 0 N–H and O–H groups in total. The monoisotopic (exact) mass is 252 g/mol. The molecule has 5 heteroatoms. The molecule has 17 heavy (non-hydrogen) atoms. The number of hydrogen-bond acceptors (Lipinski definition) is 3. The molecular weight excluding hydrogens is 236 g/mol. The summed E-state index contributed by atoms with van der Waals surface area (Å²) in [7, 11) is 1.77. The van der Waals surface area contributed by atoms with Gasteiger partial charge in [-0.15, -0.1) is 11.3 Å². The van der Waals surface area contributed by atoms with Crippen LogP contribution in [0.1, 0.15) is 23.5 Å². The van der Waals surface area contributed by atoms with Gasteiger partial charge in [0.15, 0.2) is 0 Å². The van der Waals surface area contributed by atoms with E-state index in [1.165, 1.54) is 11.3 Å². The van der Waals surface area contributed by atoms with Crippen LogP contribution in [0.2, 0.25) is 0 Å². The van der Waals surface area contributed by atoms with Crippen molar-refractivity contribution in [1.82, 2.24) is 9.80 Å². The third kappa shape index (κ3) is 1.95. The standard InChI is InChI=1S/C12H16N2O2S/c1-12(2)11(16)13(3)6-7-14(12)10(15)9-5-4-8-17-9/h4-5,8H,6-7H2,1-3H3. The third-order valence-corrected chi connectivity index (χ3v) is 4.04. The first kappa shape index (κ1) is 12.1. The lowest BCUT2D eigenvalue weighted by atomic mass is 9.97. The largest absolute Gasteiger partial charge is 0.342 e. The van der Waals surface area contributed by atoms with Gasteiger partial charge in [0.25, 0.3) is 5.91 Å². The molecule has 0 spiro atoms. The summed E-state index contributed by atoms with van der Waals surface area (Å²) in [4.78, 5) is 28.4. The number of thiophene rings is 1. The van der Waals surface area contributed by atoms with Crippen LogP contribution >= 0.6 is 11.3 Å². The summed E-state index contributed by atoms with van der Waals surface area (Å²) >= 11 is 1.41. The number of hydrogen-bond donors (Lipinski definition) is 0. The maximum absolute atomic E-state index is 12.3. The molecule has 92 valence electrons. The van der Waals surface area contributed by atoms with E-state index in [1.807, 2.05) is 11.4 Å². The average Bonchev–Trinajstić information content (AvgIpc) is 2.79. The zero-order valence-corrected chi connectivity index (χ0v) is 11.1. The Morgan fingerprint density at radius 1 is 1.41 bits per heavy atom. The summed E-state index contributed by atoms with van der Waals surface area (Å²) in [5.41, 5.74) is -0.756. The van der Waals surface area contributed by atoms with Crippen LogP contribution in [0.4, 0.5) is 0 Å². The fraction of sp³-hybridized carbons (Fsp3) is 0.500. The maximum atomic E-state index is 12.3. The van der Waals surface area contributed by atoms with Crippen LogP contribution in [0.3, 0.4) is 0 Å². The number of amides is 2. The van der Waals surface area contributed by atoms with Crippen LogP contribution < -0.4 is 0 Å². The summed E-state index contributed by atoms with van der Waals surface area (Å²) in [6.45, 7) is 4.79. The topological polar surface area (TPSA) is 40.6 Å². The van der Waals surface area contributed by atoms with Crippen molar-refractivity contribution in [2.24, 2.45) is 0 Å². The average molecular weight is 252 g/mol. The minimum absolute atomic E-state index is 0.00587. The molecule has 2 heterocycles. The van der Waals surface area contributed by atoms with Crippen LogP contribution in [0.25, 0.3) is 0 Å². The number of rotatable bonds is 1. The molecule has 0 aromatic carbocycles. The van der Waals surface area contributed by atoms with Gasteiger partial charge in [-0.05, 0) is 25.3 Å². The van der Waals surface area contributed by atoms with Gasteiger partial charge in [0, 0.05) is 20.1 Å². The summed E-state index contributed by atoms with van der Waals surface area (Å²) in [6.07, 6.45) is 0. The Hall–Kier alpha value is -1.36. The Labute approximate surface area is 105 Å². The molecule has 0 aliphatic carbocycles. The molecule has 1 aliphatic heterocycles. The Balaban J connectivity index is 2.27. The van der Waals surface area contributed by atoms with Crippen molar-refractivity contribution in [2.45, 2.75) is 19.4 Å². The van der Waals surface area contributed by atoms with Crippen molar-refractivity contribution in [3.05, 3.63) is 22.4 Å².